The van der Waals surface area contributed by atoms with Crippen LogP contribution in [0.4, 0.5) is 0 Å². The lowest BCUT2D eigenvalue weighted by atomic mass is 10.2. The highest BCUT2D eigenvalue weighted by molar-refractivity contribution is 7.09. The van der Waals surface area contributed by atoms with Gasteiger partial charge in [0, 0.05) is 23.0 Å². The lowest BCUT2D eigenvalue weighted by molar-refractivity contribution is 0.269. The average molecular weight is 422 g/mol. The van der Waals surface area contributed by atoms with Crippen molar-refractivity contribution in [3.05, 3.63) is 80.0 Å². The fourth-order valence-corrected chi connectivity index (χ4v) is 3.69. The molecule has 2 aromatic carbocycles. The van der Waals surface area contributed by atoms with Crippen molar-refractivity contribution in [3.63, 3.8) is 0 Å². The van der Waals surface area contributed by atoms with Gasteiger partial charge in [0.15, 0.2) is 11.5 Å². The van der Waals surface area contributed by atoms with E-state index in [4.69, 9.17) is 32.7 Å². The number of hydrogen-bond donors (Lipinski definition) is 1. The molecule has 0 atom stereocenters. The van der Waals surface area contributed by atoms with Crippen molar-refractivity contribution in [2.75, 3.05) is 6.61 Å². The molecule has 1 heterocycles. The van der Waals surface area contributed by atoms with Crippen LogP contribution in [-0.4, -0.2) is 6.61 Å². The maximum atomic E-state index is 6.49. The van der Waals surface area contributed by atoms with E-state index in [1.165, 1.54) is 4.88 Å². The molecule has 0 unspecified atom stereocenters. The minimum Gasteiger partial charge on any atom is -0.490 e. The Kier molecular flexibility index (Phi) is 7.41. The molecule has 0 aliphatic heterocycles. The zero-order chi connectivity index (χ0) is 19.1. The first-order valence-electron chi connectivity index (χ1n) is 8.71. The van der Waals surface area contributed by atoms with Gasteiger partial charge in [0.05, 0.1) is 11.6 Å². The van der Waals surface area contributed by atoms with Crippen LogP contribution in [0.15, 0.2) is 53.9 Å². The third-order valence-electron chi connectivity index (χ3n) is 3.87. The van der Waals surface area contributed by atoms with Gasteiger partial charge in [-0.3, -0.25) is 0 Å². The van der Waals surface area contributed by atoms with Gasteiger partial charge < -0.3 is 14.8 Å². The van der Waals surface area contributed by atoms with Gasteiger partial charge in [-0.15, -0.1) is 11.3 Å². The lowest BCUT2D eigenvalue weighted by Crippen LogP contribution is -2.12. The number of benzene rings is 2. The van der Waals surface area contributed by atoms with Crippen molar-refractivity contribution in [2.45, 2.75) is 26.6 Å². The first-order chi connectivity index (χ1) is 13.2. The normalized spacial score (nSPS) is 10.8. The van der Waals surface area contributed by atoms with Crippen molar-refractivity contribution in [3.8, 4) is 11.5 Å². The van der Waals surface area contributed by atoms with Crippen molar-refractivity contribution < 1.29 is 9.47 Å². The molecule has 0 aliphatic carbocycles. The lowest BCUT2D eigenvalue weighted by Gasteiger charge is -2.16. The standard InChI is InChI=1S/C21H21Cl2NO2S/c1-2-25-20-11-16(12-24-13-18-4-3-9-27-18)10-19(23)21(20)26-14-15-5-7-17(22)8-6-15/h3-11,24H,2,12-14H2,1H3. The van der Waals surface area contributed by atoms with Crippen molar-refractivity contribution in [1.82, 2.24) is 5.32 Å². The van der Waals surface area contributed by atoms with Crippen LogP contribution < -0.4 is 14.8 Å². The Balaban J connectivity index is 1.68. The second-order valence-corrected chi connectivity index (χ2v) is 7.81. The van der Waals surface area contributed by atoms with Crippen LogP contribution in [0, 0.1) is 0 Å². The molecule has 0 saturated carbocycles. The number of hydrogen-bond acceptors (Lipinski definition) is 4. The van der Waals surface area contributed by atoms with E-state index in [0.717, 1.165) is 17.7 Å². The predicted octanol–water partition coefficient (Wildman–Crippen LogP) is 6.32. The first kappa shape index (κ1) is 20.0. The number of halogens is 2. The molecule has 3 rings (SSSR count). The summed E-state index contributed by atoms with van der Waals surface area (Å²) < 4.78 is 11.7. The van der Waals surface area contributed by atoms with Gasteiger partial charge in [0.1, 0.15) is 6.61 Å². The third-order valence-corrected chi connectivity index (χ3v) is 5.28. The molecule has 1 N–H and O–H groups in total. The van der Waals surface area contributed by atoms with Gasteiger partial charge in [-0.05, 0) is 53.8 Å². The summed E-state index contributed by atoms with van der Waals surface area (Å²) in [6.07, 6.45) is 0. The van der Waals surface area contributed by atoms with Crippen LogP contribution >= 0.6 is 34.5 Å². The zero-order valence-electron chi connectivity index (χ0n) is 15.0. The van der Waals surface area contributed by atoms with E-state index < -0.39 is 0 Å². The van der Waals surface area contributed by atoms with Gasteiger partial charge >= 0.3 is 0 Å². The summed E-state index contributed by atoms with van der Waals surface area (Å²) in [6, 6.07) is 15.6. The van der Waals surface area contributed by atoms with Crippen molar-refractivity contribution in [2.24, 2.45) is 0 Å². The van der Waals surface area contributed by atoms with E-state index in [-0.39, 0.29) is 0 Å². The van der Waals surface area contributed by atoms with E-state index in [9.17, 15) is 0 Å². The molecule has 0 bridgehead atoms. The molecule has 3 aromatic rings. The molecule has 142 valence electrons. The second kappa shape index (κ2) is 10.00. The zero-order valence-corrected chi connectivity index (χ0v) is 17.3. The Morgan fingerprint density at radius 1 is 0.963 bits per heavy atom. The topological polar surface area (TPSA) is 30.5 Å². The summed E-state index contributed by atoms with van der Waals surface area (Å²) in [4.78, 5) is 1.30. The highest BCUT2D eigenvalue weighted by Crippen LogP contribution is 2.37. The van der Waals surface area contributed by atoms with E-state index in [1.54, 1.807) is 11.3 Å². The Morgan fingerprint density at radius 2 is 1.78 bits per heavy atom. The number of thiophene rings is 1. The van der Waals surface area contributed by atoms with Crippen LogP contribution in [0.25, 0.3) is 0 Å². The molecule has 1 aromatic heterocycles. The molecular weight excluding hydrogens is 401 g/mol. The Bertz CT molecular complexity index is 851. The van der Waals surface area contributed by atoms with Crippen molar-refractivity contribution in [1.29, 1.82) is 0 Å². The molecule has 0 spiro atoms. The van der Waals surface area contributed by atoms with Crippen molar-refractivity contribution >= 4 is 34.5 Å². The summed E-state index contributed by atoms with van der Waals surface area (Å²) in [5.74, 6) is 1.22. The molecule has 3 nitrogen and oxygen atoms in total. The minimum absolute atomic E-state index is 0.396. The summed E-state index contributed by atoms with van der Waals surface area (Å²) in [6.45, 7) is 4.41. The second-order valence-electron chi connectivity index (χ2n) is 5.94. The third kappa shape index (κ3) is 5.88. The highest BCUT2D eigenvalue weighted by atomic mass is 35.5. The van der Waals surface area contributed by atoms with E-state index in [2.05, 4.69) is 22.8 Å². The van der Waals surface area contributed by atoms with Gasteiger partial charge in [-0.1, -0.05) is 41.4 Å². The number of nitrogens with one attached hydrogen (secondary N) is 1. The van der Waals surface area contributed by atoms with Gasteiger partial charge in [-0.25, -0.2) is 0 Å². The molecule has 0 aliphatic rings. The van der Waals surface area contributed by atoms with Gasteiger partial charge in [0.2, 0.25) is 0 Å². The predicted molar refractivity (Wildman–Crippen MR) is 113 cm³/mol. The van der Waals surface area contributed by atoms with Crippen LogP contribution in [0.1, 0.15) is 22.9 Å². The smallest absolute Gasteiger partial charge is 0.180 e. The number of ether oxygens (including phenoxy) is 2. The summed E-state index contributed by atoms with van der Waals surface area (Å²) >= 11 is 14.2. The molecular formula is C21H21Cl2NO2S. The number of rotatable bonds is 9. The average Bonchev–Trinajstić information content (AvgIpc) is 3.16. The molecule has 0 amide bonds. The highest BCUT2D eigenvalue weighted by Gasteiger charge is 2.13. The fourth-order valence-electron chi connectivity index (χ4n) is 2.61. The maximum Gasteiger partial charge on any atom is 0.180 e. The fraction of sp³-hybridized carbons (Fsp3) is 0.238. The summed E-state index contributed by atoms with van der Waals surface area (Å²) in [5.41, 5.74) is 2.07. The Hall–Kier alpha value is -1.72. The molecule has 0 radical (unpaired) electrons. The SMILES string of the molecule is CCOc1cc(CNCc2cccs2)cc(Cl)c1OCc1ccc(Cl)cc1. The monoisotopic (exact) mass is 421 g/mol. The van der Waals surface area contributed by atoms with Gasteiger partial charge in [-0.2, -0.15) is 0 Å². The first-order valence-corrected chi connectivity index (χ1v) is 10.3. The van der Waals surface area contributed by atoms with Crippen LogP contribution in [0.3, 0.4) is 0 Å². The van der Waals surface area contributed by atoms with Crippen LogP contribution in [0.2, 0.25) is 10.0 Å². The van der Waals surface area contributed by atoms with Crippen LogP contribution in [0.5, 0.6) is 11.5 Å². The largest absolute Gasteiger partial charge is 0.490 e. The Morgan fingerprint density at radius 3 is 2.48 bits per heavy atom. The summed E-state index contributed by atoms with van der Waals surface area (Å²) in [7, 11) is 0. The molecule has 27 heavy (non-hydrogen) atoms. The maximum absolute atomic E-state index is 6.49. The summed E-state index contributed by atoms with van der Waals surface area (Å²) in [5, 5.41) is 6.75. The minimum atomic E-state index is 0.396. The van der Waals surface area contributed by atoms with E-state index in [1.807, 2.05) is 43.3 Å². The molecule has 6 heteroatoms. The Labute approximate surface area is 173 Å². The molecule has 0 fully saturated rings. The molecule has 0 saturated heterocycles. The van der Waals surface area contributed by atoms with E-state index >= 15 is 0 Å². The van der Waals surface area contributed by atoms with E-state index in [0.29, 0.717) is 41.3 Å². The van der Waals surface area contributed by atoms with Gasteiger partial charge in [0.25, 0.3) is 0 Å². The quantitative estimate of drug-likeness (QED) is 0.438. The van der Waals surface area contributed by atoms with Crippen LogP contribution in [-0.2, 0) is 19.7 Å².